The summed E-state index contributed by atoms with van der Waals surface area (Å²) in [6.45, 7) is 4.31. The molecule has 0 saturated carbocycles. The molecule has 0 bridgehead atoms. The molecule has 3 rings (SSSR count). The molecule has 0 aliphatic heterocycles. The van der Waals surface area contributed by atoms with E-state index in [9.17, 15) is 30.3 Å². The Morgan fingerprint density at radius 2 is 1.37 bits per heavy atom. The van der Waals surface area contributed by atoms with E-state index in [0.717, 1.165) is 17.9 Å². The number of likely N-dealkylation sites (N-methyl/N-ethyl adjacent to an activating group) is 1. The van der Waals surface area contributed by atoms with Gasteiger partial charge in [0.25, 0.3) is 11.4 Å². The van der Waals surface area contributed by atoms with Crippen molar-refractivity contribution in [2.24, 2.45) is 0 Å². The summed E-state index contributed by atoms with van der Waals surface area (Å²) in [6, 6.07) is 19.4. The Balaban J connectivity index is 0.000000281. The highest BCUT2D eigenvalue weighted by molar-refractivity contribution is 5.64. The highest BCUT2D eigenvalue weighted by Gasteiger charge is 2.30. The first kappa shape index (κ1) is 29.6. The van der Waals surface area contributed by atoms with Crippen LogP contribution >= 0.6 is 0 Å². The maximum Gasteiger partial charge on any atom is 0.324 e. The second kappa shape index (κ2) is 14.2. The second-order valence-electron chi connectivity index (χ2n) is 8.07. The summed E-state index contributed by atoms with van der Waals surface area (Å²) in [4.78, 5) is 29.9. The molecule has 3 aromatic rings. The minimum Gasteiger partial charge on any atom is -0.497 e. The molecule has 0 amide bonds. The molecule has 0 aliphatic carbocycles. The lowest BCUT2D eigenvalue weighted by Gasteiger charge is -2.18. The van der Waals surface area contributed by atoms with E-state index in [0.29, 0.717) is 25.3 Å². The lowest BCUT2D eigenvalue weighted by molar-refractivity contribution is -0.404. The first-order chi connectivity index (χ1) is 18.0. The molecule has 13 heteroatoms. The van der Waals surface area contributed by atoms with Crippen LogP contribution in [0.2, 0.25) is 0 Å². The number of hydrogen-bond donors (Lipinski definition) is 1. The lowest BCUT2D eigenvalue weighted by atomic mass is 10.0. The quantitative estimate of drug-likeness (QED) is 0.267. The summed E-state index contributed by atoms with van der Waals surface area (Å²) >= 11 is 0. The minimum absolute atomic E-state index is 0.0259. The standard InChI is InChI=1S/C19H25NO2.C6H3N3O7/c1-4-21-19(16-8-6-5-7-9-16)17-10-12-18(13-11-17)22-15-14-20(2)3;10-6-4(8(13)14)1-3(7(11)12)2-5(6)9(15)16/h5-13,19H,4,14-15H2,1-3H3;1-2,10H. The molecule has 0 fully saturated rings. The van der Waals surface area contributed by atoms with Crippen molar-refractivity contribution in [3.63, 3.8) is 0 Å². The lowest BCUT2D eigenvalue weighted by Crippen LogP contribution is -2.19. The van der Waals surface area contributed by atoms with Crippen LogP contribution in [-0.4, -0.2) is 58.6 Å². The Labute approximate surface area is 218 Å². The summed E-state index contributed by atoms with van der Waals surface area (Å²) in [6.07, 6.45) is -0.0259. The number of phenols is 1. The molecule has 1 unspecified atom stereocenters. The van der Waals surface area contributed by atoms with Crippen molar-refractivity contribution >= 4 is 17.1 Å². The van der Waals surface area contributed by atoms with E-state index in [4.69, 9.17) is 14.6 Å². The van der Waals surface area contributed by atoms with Crippen LogP contribution in [0.25, 0.3) is 0 Å². The summed E-state index contributed by atoms with van der Waals surface area (Å²) in [7, 11) is 4.08. The fourth-order valence-electron chi connectivity index (χ4n) is 3.24. The van der Waals surface area contributed by atoms with Gasteiger partial charge in [0.1, 0.15) is 18.5 Å². The minimum atomic E-state index is -1.21. The molecule has 0 aliphatic rings. The van der Waals surface area contributed by atoms with E-state index in [1.165, 1.54) is 5.56 Å². The fourth-order valence-corrected chi connectivity index (χ4v) is 3.24. The van der Waals surface area contributed by atoms with Gasteiger partial charge < -0.3 is 19.5 Å². The van der Waals surface area contributed by atoms with Gasteiger partial charge in [-0.3, -0.25) is 30.3 Å². The van der Waals surface area contributed by atoms with Crippen LogP contribution in [-0.2, 0) is 4.74 Å². The summed E-state index contributed by atoms with van der Waals surface area (Å²) in [5.41, 5.74) is -0.684. The number of non-ortho nitro benzene ring substituents is 1. The molecule has 0 aromatic heterocycles. The molecule has 0 radical (unpaired) electrons. The number of nitro groups is 3. The van der Waals surface area contributed by atoms with E-state index >= 15 is 0 Å². The highest BCUT2D eigenvalue weighted by Crippen LogP contribution is 2.39. The maximum atomic E-state index is 10.4. The van der Waals surface area contributed by atoms with E-state index < -0.39 is 37.6 Å². The third-order valence-corrected chi connectivity index (χ3v) is 5.08. The van der Waals surface area contributed by atoms with Gasteiger partial charge in [0.15, 0.2) is 0 Å². The van der Waals surface area contributed by atoms with E-state index in [1.54, 1.807) is 0 Å². The predicted molar refractivity (Wildman–Crippen MR) is 138 cm³/mol. The number of aromatic hydroxyl groups is 1. The molecular weight excluding hydrogens is 500 g/mol. The number of nitro benzene ring substituents is 3. The smallest absolute Gasteiger partial charge is 0.324 e. The zero-order chi connectivity index (χ0) is 28.2. The molecule has 13 nitrogen and oxygen atoms in total. The van der Waals surface area contributed by atoms with Crippen molar-refractivity contribution in [3.8, 4) is 11.5 Å². The van der Waals surface area contributed by atoms with Gasteiger partial charge in [-0.15, -0.1) is 0 Å². The van der Waals surface area contributed by atoms with Crippen LogP contribution in [0, 0.1) is 30.3 Å². The monoisotopic (exact) mass is 528 g/mol. The van der Waals surface area contributed by atoms with Gasteiger partial charge in [-0.2, -0.15) is 0 Å². The third kappa shape index (κ3) is 8.50. The van der Waals surface area contributed by atoms with Gasteiger partial charge in [-0.1, -0.05) is 42.5 Å². The summed E-state index contributed by atoms with van der Waals surface area (Å²) in [5.74, 6) is -0.311. The Morgan fingerprint density at radius 1 is 0.842 bits per heavy atom. The fraction of sp³-hybridized carbons (Fsp3) is 0.280. The van der Waals surface area contributed by atoms with Crippen LogP contribution in [0.15, 0.2) is 66.7 Å². The van der Waals surface area contributed by atoms with Gasteiger partial charge >= 0.3 is 11.4 Å². The Morgan fingerprint density at radius 3 is 1.82 bits per heavy atom. The normalized spacial score (nSPS) is 11.3. The zero-order valence-corrected chi connectivity index (χ0v) is 21.1. The number of hydrogen-bond acceptors (Lipinski definition) is 10. The molecule has 0 heterocycles. The first-order valence-corrected chi connectivity index (χ1v) is 11.4. The Kier molecular flexibility index (Phi) is 11.1. The average Bonchev–Trinajstić information content (AvgIpc) is 2.88. The molecule has 1 N–H and O–H groups in total. The van der Waals surface area contributed by atoms with E-state index in [-0.39, 0.29) is 6.10 Å². The van der Waals surface area contributed by atoms with Crippen LogP contribution in [0.5, 0.6) is 11.5 Å². The number of rotatable bonds is 11. The Hall–Kier alpha value is -4.62. The number of phenolic OH excluding ortho intramolecular Hbond substituents is 1. The molecule has 3 aromatic carbocycles. The summed E-state index contributed by atoms with van der Waals surface area (Å²) < 4.78 is 11.7. The van der Waals surface area contributed by atoms with Gasteiger partial charge in [0, 0.05) is 13.2 Å². The SMILES string of the molecule is CCOC(c1ccccc1)c1ccc(OCCN(C)C)cc1.O=[N+]([O-])c1cc([N+](=O)[O-])c(O)c([N+](=O)[O-])c1. The van der Waals surface area contributed by atoms with Crippen molar-refractivity contribution in [1.82, 2.24) is 4.90 Å². The zero-order valence-electron chi connectivity index (χ0n) is 21.1. The van der Waals surface area contributed by atoms with Gasteiger partial charge in [-0.05, 0) is 44.3 Å². The molecule has 0 spiro atoms. The molecule has 0 saturated heterocycles. The van der Waals surface area contributed by atoms with Crippen molar-refractivity contribution in [3.05, 3.63) is 108 Å². The van der Waals surface area contributed by atoms with Gasteiger partial charge in [0.05, 0.1) is 26.9 Å². The number of nitrogens with zero attached hydrogens (tertiary/aromatic N) is 4. The second-order valence-corrected chi connectivity index (χ2v) is 8.07. The highest BCUT2D eigenvalue weighted by atomic mass is 16.6. The third-order valence-electron chi connectivity index (χ3n) is 5.08. The predicted octanol–water partition coefficient (Wildman–Crippen LogP) is 4.87. The Bertz CT molecular complexity index is 1200. The first-order valence-electron chi connectivity index (χ1n) is 11.4. The van der Waals surface area contributed by atoms with Crippen LogP contribution in [0.3, 0.4) is 0 Å². The molecule has 202 valence electrons. The van der Waals surface area contributed by atoms with Crippen molar-refractivity contribution in [1.29, 1.82) is 0 Å². The molecular formula is C25H28N4O9. The average molecular weight is 529 g/mol. The van der Waals surface area contributed by atoms with Gasteiger partial charge in [0.2, 0.25) is 0 Å². The van der Waals surface area contributed by atoms with Crippen molar-refractivity contribution < 1.29 is 29.4 Å². The molecule has 38 heavy (non-hydrogen) atoms. The topological polar surface area (TPSA) is 171 Å². The number of ether oxygens (including phenoxy) is 2. The maximum absolute atomic E-state index is 10.4. The van der Waals surface area contributed by atoms with Crippen LogP contribution < -0.4 is 4.74 Å². The van der Waals surface area contributed by atoms with Crippen molar-refractivity contribution in [2.75, 3.05) is 33.9 Å². The van der Waals surface area contributed by atoms with Crippen LogP contribution in [0.1, 0.15) is 24.2 Å². The largest absolute Gasteiger partial charge is 0.497 e. The summed E-state index contributed by atoms with van der Waals surface area (Å²) in [5, 5.41) is 40.2. The van der Waals surface area contributed by atoms with E-state index in [2.05, 4.69) is 29.2 Å². The van der Waals surface area contributed by atoms with E-state index in [1.807, 2.05) is 51.4 Å². The molecule has 1 atom stereocenters. The van der Waals surface area contributed by atoms with Gasteiger partial charge in [-0.25, -0.2) is 0 Å². The van der Waals surface area contributed by atoms with Crippen molar-refractivity contribution in [2.45, 2.75) is 13.0 Å². The van der Waals surface area contributed by atoms with Crippen LogP contribution in [0.4, 0.5) is 17.1 Å². The number of benzene rings is 3.